The second-order valence-corrected chi connectivity index (χ2v) is 35.9. The second kappa shape index (κ2) is 48.9. The molecule has 2 atom stereocenters. The fourth-order valence-corrected chi connectivity index (χ4v) is 18.1. The molecule has 0 radical (unpaired) electrons. The van der Waals surface area contributed by atoms with Crippen LogP contribution >= 0.6 is 77.0 Å². The Kier molecular flexibility index (Phi) is 43.6. The van der Waals surface area contributed by atoms with Crippen LogP contribution in [0.3, 0.4) is 0 Å². The maximum atomic E-state index is 14.8. The number of hydrogen-bond donors (Lipinski definition) is 0. The molecule has 8 nitrogen and oxygen atoms in total. The molecule has 0 bridgehead atoms. The molecule has 8 rings (SSSR count). The quantitative estimate of drug-likeness (QED) is 0.0123. The molecule has 104 heavy (non-hydrogen) atoms. The molecule has 8 aromatic carbocycles. The van der Waals surface area contributed by atoms with Gasteiger partial charge in [-0.1, -0.05) is 320 Å². The summed E-state index contributed by atoms with van der Waals surface area (Å²) < 4.78 is 80.9. The van der Waals surface area contributed by atoms with Gasteiger partial charge < -0.3 is 18.9 Å². The third-order valence-electron chi connectivity index (χ3n) is 19.1. The summed E-state index contributed by atoms with van der Waals surface area (Å²) in [5.41, 5.74) is 7.87. The van der Waals surface area contributed by atoms with E-state index in [1.807, 2.05) is 92.7 Å². The first kappa shape index (κ1) is 92.9. The van der Waals surface area contributed by atoms with Gasteiger partial charge in [-0.2, -0.15) is 35.9 Å². The van der Waals surface area contributed by atoms with E-state index in [0.29, 0.717) is 32.8 Å². The van der Waals surface area contributed by atoms with Crippen molar-refractivity contribution < 1.29 is 73.5 Å². The second-order valence-electron chi connectivity index (χ2n) is 27.8. The maximum Gasteiger partial charge on any atom is 1.00 e. The summed E-state index contributed by atoms with van der Waals surface area (Å²) in [4.78, 5) is 0.745. The standard InChI is InChI=1S/C49H66Br2O4S.C29H26O4S.C10H20I2.2Li/c1-7-9-11-13-15-17-19-21-45(50)43-35-37(3)23-33-47(43)56(52,53)48-34-32-42(36-44(48)46(51)22-20-18-16-14-12-10-8-2)55-41-30-26-39(27-31-41)49(4,5)38-24-28-40(54-6)29-25-38;1-21-5-17-27(18-6-21)34(30,31)28-19-15-26(16-20-28)33-25-13-9-23(10-14-25)29(2,3)22-7-11-24(32-4)12-8-22;11-9-7-5-3-1-2-4-6-8-10-12;;/h23-36,45-46H,7-22H2,1-6H3;5-17,19H,1-4H3;1-10H2;;/q;-2;;2*+1. The summed E-state index contributed by atoms with van der Waals surface area (Å²) in [7, 11) is -4.20. The Hall–Kier alpha value is -3.53. The molecule has 0 aliphatic carbocycles. The number of methoxy groups -OCH3 is 2. The molecule has 0 heterocycles. The molecule has 8 aromatic rings. The van der Waals surface area contributed by atoms with Crippen molar-refractivity contribution in [2.24, 2.45) is 0 Å². The van der Waals surface area contributed by atoms with E-state index < -0.39 is 19.7 Å². The van der Waals surface area contributed by atoms with Crippen molar-refractivity contribution in [3.05, 3.63) is 226 Å². The number of sulfone groups is 2. The number of unbranched alkanes of at least 4 members (excludes halogenated alkanes) is 19. The Morgan fingerprint density at radius 1 is 0.375 bits per heavy atom. The average molecular weight is 1790 g/mol. The van der Waals surface area contributed by atoms with Crippen molar-refractivity contribution in [1.82, 2.24) is 0 Å². The van der Waals surface area contributed by atoms with Gasteiger partial charge in [0.1, 0.15) is 28.7 Å². The van der Waals surface area contributed by atoms with Gasteiger partial charge in [-0.25, -0.2) is 16.8 Å². The summed E-state index contributed by atoms with van der Waals surface area (Å²) in [6.07, 6.45) is 30.4. The smallest absolute Gasteiger partial charge is 0.517 e. The summed E-state index contributed by atoms with van der Waals surface area (Å²) in [6.45, 7) is 17.2. The Bertz CT molecular complexity index is 3920. The minimum absolute atomic E-state index is 0. The van der Waals surface area contributed by atoms with Crippen LogP contribution in [0.25, 0.3) is 0 Å². The molecule has 2 unspecified atom stereocenters. The van der Waals surface area contributed by atoms with Crippen molar-refractivity contribution in [2.75, 3.05) is 23.1 Å². The first-order valence-corrected chi connectivity index (χ1v) is 44.9. The summed E-state index contributed by atoms with van der Waals surface area (Å²) in [5.74, 6) is 4.15. The zero-order valence-electron chi connectivity index (χ0n) is 64.3. The Morgan fingerprint density at radius 2 is 0.692 bits per heavy atom. The van der Waals surface area contributed by atoms with E-state index in [1.54, 1.807) is 50.6 Å². The molecule has 16 heteroatoms. The summed E-state index contributed by atoms with van der Waals surface area (Å²) in [6, 6.07) is 58.9. The van der Waals surface area contributed by atoms with Gasteiger partial charge in [0.15, 0.2) is 9.84 Å². The molecular weight excluding hydrogens is 1680 g/mol. The van der Waals surface area contributed by atoms with Crippen LogP contribution in [0, 0.1) is 26.0 Å². The predicted octanol–water partition coefficient (Wildman–Crippen LogP) is 21.6. The first-order valence-electron chi connectivity index (χ1n) is 37.0. The normalized spacial score (nSPS) is 12.1. The molecule has 554 valence electrons. The number of benzene rings is 8. The van der Waals surface area contributed by atoms with Crippen molar-refractivity contribution >= 4 is 96.7 Å². The Labute approximate surface area is 696 Å². The fourth-order valence-electron chi connectivity index (χ4n) is 12.4. The van der Waals surface area contributed by atoms with Gasteiger partial charge in [0, 0.05) is 26.2 Å². The van der Waals surface area contributed by atoms with Gasteiger partial charge in [0.05, 0.1) is 24.0 Å². The van der Waals surface area contributed by atoms with Crippen LogP contribution < -0.4 is 56.7 Å². The fraction of sp³-hybridized carbons (Fsp3) is 0.455. The van der Waals surface area contributed by atoms with E-state index >= 15 is 0 Å². The molecule has 0 N–H and O–H groups in total. The van der Waals surface area contributed by atoms with Crippen molar-refractivity contribution in [3.63, 3.8) is 0 Å². The van der Waals surface area contributed by atoms with E-state index in [-0.39, 0.29) is 68.0 Å². The number of rotatable bonds is 41. The van der Waals surface area contributed by atoms with Crippen molar-refractivity contribution in [3.8, 4) is 34.5 Å². The van der Waals surface area contributed by atoms with E-state index in [1.165, 1.54) is 160 Å². The average Bonchev–Trinajstić information content (AvgIpc) is 0.764. The Balaban J connectivity index is 0.000000402. The van der Waals surface area contributed by atoms with Crippen LogP contribution in [0.2, 0.25) is 0 Å². The van der Waals surface area contributed by atoms with Crippen molar-refractivity contribution in [1.29, 1.82) is 0 Å². The van der Waals surface area contributed by atoms with Crippen LogP contribution in [0.15, 0.2) is 189 Å². The van der Waals surface area contributed by atoms with E-state index in [9.17, 15) is 16.8 Å². The molecule has 0 amide bonds. The first-order chi connectivity index (χ1) is 49.0. The predicted molar refractivity (Wildman–Crippen MR) is 450 cm³/mol. The minimum atomic E-state index is -3.86. The molecule has 0 spiro atoms. The third-order valence-corrected chi connectivity index (χ3v) is 26.1. The van der Waals surface area contributed by atoms with E-state index in [2.05, 4.69) is 173 Å². The van der Waals surface area contributed by atoms with Crippen LogP contribution in [0.4, 0.5) is 0 Å². The molecule has 0 saturated carbocycles. The monoisotopic (exact) mass is 1790 g/mol. The molecule has 0 saturated heterocycles. The van der Waals surface area contributed by atoms with Crippen molar-refractivity contribution in [2.45, 2.75) is 250 Å². The summed E-state index contributed by atoms with van der Waals surface area (Å²) in [5, 5.41) is 0. The molecule has 0 aromatic heterocycles. The largest absolute Gasteiger partial charge is 1.00 e. The van der Waals surface area contributed by atoms with Crippen LogP contribution in [-0.4, -0.2) is 39.9 Å². The number of ether oxygens (including phenoxy) is 4. The molecule has 0 fully saturated rings. The molecular formula is C88H112Br2I2Li2O8S2. The van der Waals surface area contributed by atoms with Gasteiger partial charge in [-0.15, -0.1) is 18.2 Å². The van der Waals surface area contributed by atoms with E-state index in [4.69, 9.17) is 18.9 Å². The molecule has 0 aliphatic rings. The van der Waals surface area contributed by atoms with Gasteiger partial charge in [-0.3, -0.25) is 0 Å². The van der Waals surface area contributed by atoms with Crippen LogP contribution in [0.1, 0.15) is 250 Å². The zero-order chi connectivity index (χ0) is 74.0. The zero-order valence-corrected chi connectivity index (χ0v) is 73.4. The van der Waals surface area contributed by atoms with E-state index in [0.717, 1.165) is 71.4 Å². The Morgan fingerprint density at radius 3 is 1.06 bits per heavy atom. The third kappa shape index (κ3) is 29.7. The topological polar surface area (TPSA) is 105 Å². The van der Waals surface area contributed by atoms with Gasteiger partial charge >= 0.3 is 37.7 Å². The van der Waals surface area contributed by atoms with Gasteiger partial charge in [0.25, 0.3) is 0 Å². The molecule has 0 aliphatic heterocycles. The minimum Gasteiger partial charge on any atom is -0.517 e. The number of halogens is 4. The van der Waals surface area contributed by atoms with Crippen LogP contribution in [-0.2, 0) is 30.5 Å². The number of aryl methyl sites for hydroxylation is 2. The SMILES string of the molecule is CCCCCCCCCC(Br)c1cc(C)ccc1S(=O)(=O)c1ccc(Oc2ccc(C(C)(C)c3ccc(OC)cc3)cc2)cc1C(Br)CCCCCCCCC.COc1ccc(C(C)(C)c2ccc(Oc3c[c-]c(S(=O)(=O)c4[c-]cc(C)cc4)cc3)cc2)cc1.ICCCCCCCCCCI.[Li+].[Li+]. The van der Waals surface area contributed by atoms with Gasteiger partial charge in [-0.05, 0) is 157 Å². The number of alkyl halides is 4. The number of hydrogen-bond acceptors (Lipinski definition) is 8. The maximum absolute atomic E-state index is 14.8. The summed E-state index contributed by atoms with van der Waals surface area (Å²) >= 11 is 12.8. The van der Waals surface area contributed by atoms with Gasteiger partial charge in [0.2, 0.25) is 9.84 Å². The van der Waals surface area contributed by atoms with Crippen LogP contribution in [0.5, 0.6) is 34.5 Å².